The van der Waals surface area contributed by atoms with E-state index in [4.69, 9.17) is 5.11 Å². The maximum absolute atomic E-state index is 12.1. The van der Waals surface area contributed by atoms with Crippen molar-refractivity contribution in [3.05, 3.63) is 65.7 Å². The molecular weight excluding hydrogens is 346 g/mol. The average Bonchev–Trinajstić information content (AvgIpc) is 2.63. The largest absolute Gasteiger partial charge is 0.481 e. The lowest BCUT2D eigenvalue weighted by Crippen LogP contribution is -2.38. The first kappa shape index (κ1) is 20.0. The molecule has 0 spiro atoms. The van der Waals surface area contributed by atoms with Crippen molar-refractivity contribution in [1.82, 2.24) is 10.2 Å². The van der Waals surface area contributed by atoms with Crippen molar-refractivity contribution < 1.29 is 19.5 Å². The van der Waals surface area contributed by atoms with Crippen LogP contribution in [0.1, 0.15) is 17.5 Å². The van der Waals surface area contributed by atoms with Gasteiger partial charge in [0, 0.05) is 32.2 Å². The molecule has 27 heavy (non-hydrogen) atoms. The molecule has 2 aromatic rings. The monoisotopic (exact) mass is 369 g/mol. The highest BCUT2D eigenvalue weighted by atomic mass is 16.4. The van der Waals surface area contributed by atoms with Gasteiger partial charge in [-0.1, -0.05) is 48.5 Å². The molecule has 0 radical (unpaired) electrons. The van der Waals surface area contributed by atoms with Crippen LogP contribution in [0.25, 0.3) is 0 Å². The predicted molar refractivity (Wildman–Crippen MR) is 102 cm³/mol. The van der Waals surface area contributed by atoms with E-state index in [9.17, 15) is 14.4 Å². The Labute approximate surface area is 158 Å². The molecule has 142 valence electrons. The molecule has 0 saturated carbocycles. The number of nitrogens with one attached hydrogen (secondary N) is 2. The van der Waals surface area contributed by atoms with Crippen LogP contribution in [0.15, 0.2) is 54.6 Å². The standard InChI is InChI=1S/C20H23N3O4/c1-23(14-15-7-3-2-4-8-15)20(27)21-12-11-18(24)22-17-10-6-5-9-16(17)13-19(25)26/h2-10H,11-14H2,1H3,(H,21,27)(H,22,24)(H,25,26). The van der Waals surface area contributed by atoms with Crippen molar-refractivity contribution in [3.63, 3.8) is 0 Å². The molecule has 2 rings (SSSR count). The van der Waals surface area contributed by atoms with Crippen LogP contribution in [0.3, 0.4) is 0 Å². The van der Waals surface area contributed by atoms with Crippen LogP contribution in [0.5, 0.6) is 0 Å². The zero-order valence-corrected chi connectivity index (χ0v) is 15.1. The minimum absolute atomic E-state index is 0.0896. The third-order valence-electron chi connectivity index (χ3n) is 3.87. The molecule has 0 bridgehead atoms. The van der Waals surface area contributed by atoms with Crippen molar-refractivity contribution in [2.45, 2.75) is 19.4 Å². The van der Waals surface area contributed by atoms with Gasteiger partial charge in [0.1, 0.15) is 0 Å². The molecule has 3 N–H and O–H groups in total. The fraction of sp³-hybridized carbons (Fsp3) is 0.250. The first-order chi connectivity index (χ1) is 13.0. The van der Waals surface area contributed by atoms with E-state index in [-0.39, 0.29) is 31.3 Å². The normalized spacial score (nSPS) is 10.1. The number of carboxylic acid groups (broad SMARTS) is 1. The fourth-order valence-electron chi connectivity index (χ4n) is 2.52. The number of para-hydroxylation sites is 1. The molecule has 0 saturated heterocycles. The first-order valence-electron chi connectivity index (χ1n) is 8.58. The Morgan fingerprint density at radius 3 is 2.37 bits per heavy atom. The smallest absolute Gasteiger partial charge is 0.317 e. The first-order valence-corrected chi connectivity index (χ1v) is 8.58. The number of hydrogen-bond acceptors (Lipinski definition) is 3. The van der Waals surface area contributed by atoms with Gasteiger partial charge in [0.15, 0.2) is 0 Å². The van der Waals surface area contributed by atoms with Crippen molar-refractivity contribution >= 4 is 23.6 Å². The number of aliphatic carboxylic acids is 1. The Hall–Kier alpha value is -3.35. The second-order valence-corrected chi connectivity index (χ2v) is 6.10. The van der Waals surface area contributed by atoms with Crippen molar-refractivity contribution in [2.75, 3.05) is 18.9 Å². The van der Waals surface area contributed by atoms with E-state index in [1.54, 1.807) is 31.3 Å². The van der Waals surface area contributed by atoms with Crippen molar-refractivity contribution in [3.8, 4) is 0 Å². The number of benzene rings is 2. The Bertz CT molecular complexity index is 793. The van der Waals surface area contributed by atoms with Crippen molar-refractivity contribution in [2.24, 2.45) is 0 Å². The summed E-state index contributed by atoms with van der Waals surface area (Å²) in [6.45, 7) is 0.659. The number of rotatable bonds is 8. The summed E-state index contributed by atoms with van der Waals surface area (Å²) in [6, 6.07) is 16.1. The molecule has 0 atom stereocenters. The Balaban J connectivity index is 1.77. The van der Waals surface area contributed by atoms with E-state index in [2.05, 4.69) is 10.6 Å². The van der Waals surface area contributed by atoms with Gasteiger partial charge >= 0.3 is 12.0 Å². The number of nitrogens with zero attached hydrogens (tertiary/aromatic N) is 1. The van der Waals surface area contributed by atoms with E-state index in [1.807, 2.05) is 30.3 Å². The summed E-state index contributed by atoms with van der Waals surface area (Å²) in [5.74, 6) is -1.26. The summed E-state index contributed by atoms with van der Waals surface area (Å²) in [5, 5.41) is 14.3. The summed E-state index contributed by atoms with van der Waals surface area (Å²) < 4.78 is 0. The number of urea groups is 1. The van der Waals surface area contributed by atoms with Crippen LogP contribution < -0.4 is 10.6 Å². The van der Waals surface area contributed by atoms with Gasteiger partial charge in [-0.15, -0.1) is 0 Å². The third kappa shape index (κ3) is 6.81. The Morgan fingerprint density at radius 1 is 1.00 bits per heavy atom. The molecule has 0 fully saturated rings. The third-order valence-corrected chi connectivity index (χ3v) is 3.87. The second-order valence-electron chi connectivity index (χ2n) is 6.10. The van der Waals surface area contributed by atoms with E-state index in [1.165, 1.54) is 4.90 Å². The molecule has 0 aromatic heterocycles. The van der Waals surface area contributed by atoms with Crippen LogP contribution in [0.2, 0.25) is 0 Å². The van der Waals surface area contributed by atoms with E-state index in [0.29, 0.717) is 17.8 Å². The minimum atomic E-state index is -0.967. The highest BCUT2D eigenvalue weighted by molar-refractivity contribution is 5.92. The summed E-state index contributed by atoms with van der Waals surface area (Å²) >= 11 is 0. The van der Waals surface area contributed by atoms with Crippen LogP contribution in [0.4, 0.5) is 10.5 Å². The van der Waals surface area contributed by atoms with Crippen LogP contribution >= 0.6 is 0 Å². The van der Waals surface area contributed by atoms with Gasteiger partial charge in [0.05, 0.1) is 6.42 Å². The summed E-state index contributed by atoms with van der Waals surface area (Å²) in [6.07, 6.45) is -0.0796. The number of carbonyl (C=O) groups is 3. The van der Waals surface area contributed by atoms with Crippen LogP contribution in [0, 0.1) is 0 Å². The van der Waals surface area contributed by atoms with Gasteiger partial charge < -0.3 is 20.6 Å². The fourth-order valence-corrected chi connectivity index (χ4v) is 2.52. The zero-order chi connectivity index (χ0) is 19.6. The highest BCUT2D eigenvalue weighted by Crippen LogP contribution is 2.15. The SMILES string of the molecule is CN(Cc1ccccc1)C(=O)NCCC(=O)Nc1ccccc1CC(=O)O. The zero-order valence-electron chi connectivity index (χ0n) is 15.1. The number of carbonyl (C=O) groups excluding carboxylic acids is 2. The van der Waals surface area contributed by atoms with Gasteiger partial charge in [-0.25, -0.2) is 4.79 Å². The van der Waals surface area contributed by atoms with Crippen molar-refractivity contribution in [1.29, 1.82) is 0 Å². The Morgan fingerprint density at radius 2 is 1.67 bits per heavy atom. The molecule has 0 aliphatic heterocycles. The van der Waals surface area contributed by atoms with E-state index >= 15 is 0 Å². The maximum atomic E-state index is 12.1. The predicted octanol–water partition coefficient (Wildman–Crippen LogP) is 2.48. The molecule has 3 amide bonds. The molecule has 7 nitrogen and oxygen atoms in total. The van der Waals surface area contributed by atoms with Gasteiger partial charge in [-0.3, -0.25) is 9.59 Å². The minimum Gasteiger partial charge on any atom is -0.481 e. The molecule has 2 aromatic carbocycles. The average molecular weight is 369 g/mol. The van der Waals surface area contributed by atoms with Gasteiger partial charge in [-0.2, -0.15) is 0 Å². The van der Waals surface area contributed by atoms with Crippen LogP contribution in [-0.4, -0.2) is 41.5 Å². The number of anilines is 1. The molecule has 7 heteroatoms. The van der Waals surface area contributed by atoms with Crippen LogP contribution in [-0.2, 0) is 22.6 Å². The summed E-state index contributed by atoms with van der Waals surface area (Å²) in [7, 11) is 1.69. The Kier molecular flexibility index (Phi) is 7.37. The lowest BCUT2D eigenvalue weighted by atomic mass is 10.1. The lowest BCUT2D eigenvalue weighted by Gasteiger charge is -2.18. The highest BCUT2D eigenvalue weighted by Gasteiger charge is 2.11. The van der Waals surface area contributed by atoms with E-state index in [0.717, 1.165) is 5.56 Å². The molecule has 0 aliphatic rings. The van der Waals surface area contributed by atoms with Gasteiger partial charge in [0.25, 0.3) is 0 Å². The molecular formula is C20H23N3O4. The number of amides is 3. The number of carboxylic acids is 1. The molecule has 0 unspecified atom stereocenters. The topological polar surface area (TPSA) is 98.7 Å². The maximum Gasteiger partial charge on any atom is 0.317 e. The summed E-state index contributed by atoms with van der Waals surface area (Å²) in [5.41, 5.74) is 2.02. The van der Waals surface area contributed by atoms with E-state index < -0.39 is 5.97 Å². The second kappa shape index (κ2) is 9.96. The lowest BCUT2D eigenvalue weighted by molar-refractivity contribution is -0.136. The quantitative estimate of drug-likeness (QED) is 0.666. The van der Waals surface area contributed by atoms with Gasteiger partial charge in [-0.05, 0) is 17.2 Å². The molecule has 0 heterocycles. The van der Waals surface area contributed by atoms with Gasteiger partial charge in [0.2, 0.25) is 5.91 Å². The summed E-state index contributed by atoms with van der Waals surface area (Å²) in [4.78, 5) is 36.6. The molecule has 0 aliphatic carbocycles. The number of hydrogen-bond donors (Lipinski definition) is 3.